The molecule has 0 saturated carbocycles. The van der Waals surface area contributed by atoms with E-state index in [1.165, 1.54) is 0 Å². The molecule has 4 nitrogen and oxygen atoms in total. The Morgan fingerprint density at radius 1 is 1.54 bits per heavy atom. The molecule has 1 N–H and O–H groups in total. The van der Waals surface area contributed by atoms with Crippen molar-refractivity contribution < 1.29 is 0 Å². The highest BCUT2D eigenvalue weighted by Gasteiger charge is 2.23. The van der Waals surface area contributed by atoms with E-state index in [2.05, 4.69) is 40.9 Å². The Hall–Kier alpha value is -0.900. The van der Waals surface area contributed by atoms with Crippen molar-refractivity contribution in [2.24, 2.45) is 0 Å². The Morgan fingerprint density at radius 2 is 2.23 bits per heavy atom. The first-order valence-corrected chi connectivity index (χ1v) is 4.69. The van der Waals surface area contributed by atoms with Crippen LogP contribution in [0.25, 0.3) is 0 Å². The second-order valence-electron chi connectivity index (χ2n) is 3.72. The summed E-state index contributed by atoms with van der Waals surface area (Å²) in [6.07, 6.45) is 2.89. The first kappa shape index (κ1) is 10.2. The molecule has 0 aromatic carbocycles. The van der Waals surface area contributed by atoms with E-state index in [4.69, 9.17) is 0 Å². The fourth-order valence-corrected chi connectivity index (χ4v) is 1.26. The van der Waals surface area contributed by atoms with Gasteiger partial charge in [-0.3, -0.25) is 0 Å². The molecule has 0 saturated heterocycles. The molecule has 0 spiro atoms. The van der Waals surface area contributed by atoms with Crippen molar-refractivity contribution in [1.82, 2.24) is 20.1 Å². The summed E-state index contributed by atoms with van der Waals surface area (Å²) < 4.78 is 2.09. The van der Waals surface area contributed by atoms with Gasteiger partial charge in [-0.1, -0.05) is 6.92 Å². The van der Waals surface area contributed by atoms with E-state index < -0.39 is 0 Å². The Morgan fingerprint density at radius 3 is 2.77 bits per heavy atom. The molecule has 0 aliphatic rings. The van der Waals surface area contributed by atoms with Gasteiger partial charge in [0, 0.05) is 6.54 Å². The molecule has 0 bridgehead atoms. The predicted octanol–water partition coefficient (Wildman–Crippen LogP) is 1.14. The van der Waals surface area contributed by atoms with Gasteiger partial charge in [0.15, 0.2) is 5.82 Å². The Kier molecular flexibility index (Phi) is 3.03. The van der Waals surface area contributed by atoms with Gasteiger partial charge in [-0.05, 0) is 27.3 Å². The number of rotatable bonds is 4. The smallest absolute Gasteiger partial charge is 0.152 e. The van der Waals surface area contributed by atoms with E-state index in [1.54, 1.807) is 6.33 Å². The number of aryl methyl sites for hydroxylation is 1. The third kappa shape index (κ3) is 2.06. The molecule has 4 heteroatoms. The van der Waals surface area contributed by atoms with Gasteiger partial charge < -0.3 is 9.88 Å². The number of hydrogen-bond acceptors (Lipinski definition) is 3. The van der Waals surface area contributed by atoms with Crippen LogP contribution in [0.4, 0.5) is 0 Å². The van der Waals surface area contributed by atoms with Gasteiger partial charge in [-0.25, -0.2) is 0 Å². The van der Waals surface area contributed by atoms with Crippen LogP contribution in [-0.2, 0) is 12.1 Å². The maximum atomic E-state index is 4.13. The molecule has 1 aromatic heterocycles. The first-order valence-electron chi connectivity index (χ1n) is 4.69. The molecule has 0 aliphatic heterocycles. The minimum atomic E-state index is -0.105. The molecule has 0 unspecified atom stereocenters. The van der Waals surface area contributed by atoms with Crippen LogP contribution in [0.5, 0.6) is 0 Å². The van der Waals surface area contributed by atoms with Crippen LogP contribution in [0.3, 0.4) is 0 Å². The van der Waals surface area contributed by atoms with Crippen LogP contribution >= 0.6 is 0 Å². The maximum absolute atomic E-state index is 4.13. The summed E-state index contributed by atoms with van der Waals surface area (Å²) in [6, 6.07) is 0. The Balaban J connectivity index is 2.93. The summed E-state index contributed by atoms with van der Waals surface area (Å²) in [7, 11) is 1.94. The fraction of sp³-hybridized carbons (Fsp3) is 0.778. The lowest BCUT2D eigenvalue weighted by molar-refractivity contribution is 0.393. The highest BCUT2D eigenvalue weighted by molar-refractivity contribution is 5.01. The first-order chi connectivity index (χ1) is 6.11. The van der Waals surface area contributed by atoms with Gasteiger partial charge in [-0.15, -0.1) is 10.2 Å². The lowest BCUT2D eigenvalue weighted by Crippen LogP contribution is -2.36. The average molecular weight is 182 g/mol. The predicted molar refractivity (Wildman–Crippen MR) is 52.4 cm³/mol. The van der Waals surface area contributed by atoms with Crippen molar-refractivity contribution >= 4 is 0 Å². The molecular formula is C9H18N4. The van der Waals surface area contributed by atoms with E-state index in [9.17, 15) is 0 Å². The van der Waals surface area contributed by atoms with E-state index in [1.807, 2.05) is 7.05 Å². The molecule has 13 heavy (non-hydrogen) atoms. The van der Waals surface area contributed by atoms with Crippen LogP contribution in [0, 0.1) is 0 Å². The summed E-state index contributed by atoms with van der Waals surface area (Å²) in [5, 5.41) is 11.3. The van der Waals surface area contributed by atoms with Crippen molar-refractivity contribution in [3.63, 3.8) is 0 Å². The minimum Gasteiger partial charge on any atom is -0.316 e. The van der Waals surface area contributed by atoms with Crippen LogP contribution in [0.15, 0.2) is 6.33 Å². The second kappa shape index (κ2) is 3.87. The van der Waals surface area contributed by atoms with E-state index in [0.717, 1.165) is 18.8 Å². The average Bonchev–Trinajstić information content (AvgIpc) is 2.54. The van der Waals surface area contributed by atoms with Gasteiger partial charge in [-0.2, -0.15) is 0 Å². The zero-order chi connectivity index (χ0) is 9.90. The van der Waals surface area contributed by atoms with Gasteiger partial charge in [0.25, 0.3) is 0 Å². The van der Waals surface area contributed by atoms with E-state index >= 15 is 0 Å². The van der Waals surface area contributed by atoms with Crippen molar-refractivity contribution in [2.45, 2.75) is 39.3 Å². The number of nitrogens with one attached hydrogen (secondary N) is 1. The number of aromatic nitrogens is 3. The van der Waals surface area contributed by atoms with E-state index in [0.29, 0.717) is 0 Å². The third-order valence-electron chi connectivity index (χ3n) is 2.26. The maximum Gasteiger partial charge on any atom is 0.152 e. The normalized spacial score (nSPS) is 12.0. The molecule has 0 radical (unpaired) electrons. The summed E-state index contributed by atoms with van der Waals surface area (Å²) in [5.74, 6) is 0.997. The van der Waals surface area contributed by atoms with Crippen LogP contribution in [0.1, 0.15) is 33.0 Å². The zero-order valence-electron chi connectivity index (χ0n) is 8.83. The Labute approximate surface area is 79.4 Å². The van der Waals surface area contributed by atoms with Gasteiger partial charge in [0.1, 0.15) is 6.33 Å². The minimum absolute atomic E-state index is 0.105. The van der Waals surface area contributed by atoms with E-state index in [-0.39, 0.29) is 5.54 Å². The fourth-order valence-electron chi connectivity index (χ4n) is 1.26. The number of nitrogens with zero attached hydrogens (tertiary/aromatic N) is 3. The Bertz CT molecular complexity index is 264. The summed E-state index contributed by atoms with van der Waals surface area (Å²) in [4.78, 5) is 0. The molecule has 0 amide bonds. The van der Waals surface area contributed by atoms with Crippen LogP contribution in [-0.4, -0.2) is 21.8 Å². The largest absolute Gasteiger partial charge is 0.316 e. The zero-order valence-corrected chi connectivity index (χ0v) is 8.83. The van der Waals surface area contributed by atoms with Crippen molar-refractivity contribution in [3.05, 3.63) is 12.2 Å². The topological polar surface area (TPSA) is 42.7 Å². The third-order valence-corrected chi connectivity index (χ3v) is 2.26. The molecular weight excluding hydrogens is 164 g/mol. The standard InChI is InChI=1S/C9H18N4/c1-5-6-13-7-11-12-8(13)9(2,3)10-4/h7,10H,5-6H2,1-4H3. The lowest BCUT2D eigenvalue weighted by atomic mass is 10.1. The van der Waals surface area contributed by atoms with Crippen LogP contribution in [0.2, 0.25) is 0 Å². The molecule has 74 valence electrons. The molecule has 0 fully saturated rings. The monoisotopic (exact) mass is 182 g/mol. The summed E-state index contributed by atoms with van der Waals surface area (Å²) in [5.41, 5.74) is -0.105. The van der Waals surface area contributed by atoms with Gasteiger partial charge in [0.2, 0.25) is 0 Å². The number of hydrogen-bond donors (Lipinski definition) is 1. The SMILES string of the molecule is CCCn1cnnc1C(C)(C)NC. The molecule has 0 aliphatic carbocycles. The van der Waals surface area contributed by atoms with Crippen molar-refractivity contribution in [3.8, 4) is 0 Å². The van der Waals surface area contributed by atoms with Crippen molar-refractivity contribution in [2.75, 3.05) is 7.05 Å². The molecule has 1 rings (SSSR count). The highest BCUT2D eigenvalue weighted by Crippen LogP contribution is 2.16. The molecule has 1 heterocycles. The van der Waals surface area contributed by atoms with Crippen LogP contribution < -0.4 is 5.32 Å². The van der Waals surface area contributed by atoms with Gasteiger partial charge >= 0.3 is 0 Å². The van der Waals surface area contributed by atoms with Crippen molar-refractivity contribution in [1.29, 1.82) is 0 Å². The molecule has 0 atom stereocenters. The quantitative estimate of drug-likeness (QED) is 0.759. The lowest BCUT2D eigenvalue weighted by Gasteiger charge is -2.23. The highest BCUT2D eigenvalue weighted by atomic mass is 15.3. The second-order valence-corrected chi connectivity index (χ2v) is 3.72. The summed E-state index contributed by atoms with van der Waals surface area (Å²) in [6.45, 7) is 7.33. The summed E-state index contributed by atoms with van der Waals surface area (Å²) >= 11 is 0. The van der Waals surface area contributed by atoms with Gasteiger partial charge in [0.05, 0.1) is 5.54 Å². The molecule has 1 aromatic rings.